The van der Waals surface area contributed by atoms with Crippen molar-refractivity contribution in [1.82, 2.24) is 9.80 Å². The second-order valence-corrected chi connectivity index (χ2v) is 8.12. The number of Topliss-reactive ketones (excluding diaryl/α,β-unsaturated/α-hetero) is 1. The molecule has 23 heavy (non-hydrogen) atoms. The van der Waals surface area contributed by atoms with Gasteiger partial charge in [0.1, 0.15) is 11.4 Å². The largest absolute Gasteiger partial charge is 0.444 e. The summed E-state index contributed by atoms with van der Waals surface area (Å²) in [6.45, 7) is 8.44. The van der Waals surface area contributed by atoms with E-state index < -0.39 is 5.60 Å². The summed E-state index contributed by atoms with van der Waals surface area (Å²) in [4.78, 5) is 39.4. The Kier molecular flexibility index (Phi) is 4.10. The van der Waals surface area contributed by atoms with Gasteiger partial charge in [-0.25, -0.2) is 4.79 Å². The van der Waals surface area contributed by atoms with Gasteiger partial charge in [-0.2, -0.15) is 0 Å². The molecule has 3 fully saturated rings. The molecular weight excluding hydrogens is 296 g/mol. The van der Waals surface area contributed by atoms with Gasteiger partial charge in [0, 0.05) is 39.0 Å². The Morgan fingerprint density at radius 3 is 2.26 bits per heavy atom. The number of piperidine rings is 1. The van der Waals surface area contributed by atoms with Crippen LogP contribution in [0.1, 0.15) is 40.0 Å². The molecular formula is C17H26N2O4. The Morgan fingerprint density at radius 2 is 1.65 bits per heavy atom. The van der Waals surface area contributed by atoms with Crippen LogP contribution < -0.4 is 0 Å². The first-order chi connectivity index (χ1) is 10.7. The number of fused-ring (bicyclic) bond motifs is 1. The lowest BCUT2D eigenvalue weighted by molar-refractivity contribution is -0.144. The molecule has 1 saturated carbocycles. The number of hydrogen-bond acceptors (Lipinski definition) is 4. The van der Waals surface area contributed by atoms with Crippen LogP contribution in [-0.4, -0.2) is 59.4 Å². The molecule has 0 spiro atoms. The number of carbonyl (C=O) groups is 3. The first kappa shape index (κ1) is 16.3. The second-order valence-electron chi connectivity index (χ2n) is 8.12. The Bertz CT molecular complexity index is 517. The van der Waals surface area contributed by atoms with Crippen molar-refractivity contribution in [2.24, 2.45) is 17.8 Å². The number of ketones is 1. The van der Waals surface area contributed by atoms with Gasteiger partial charge in [-0.15, -0.1) is 0 Å². The van der Waals surface area contributed by atoms with E-state index in [1.807, 2.05) is 25.7 Å². The number of rotatable bonds is 1. The maximum Gasteiger partial charge on any atom is 0.410 e. The van der Waals surface area contributed by atoms with E-state index in [2.05, 4.69) is 0 Å². The van der Waals surface area contributed by atoms with Crippen LogP contribution in [0.3, 0.4) is 0 Å². The highest BCUT2D eigenvalue weighted by molar-refractivity contribution is 5.96. The monoisotopic (exact) mass is 322 g/mol. The number of carbonyl (C=O) groups excluding carboxylic acids is 3. The van der Waals surface area contributed by atoms with Crippen LogP contribution in [-0.2, 0) is 14.3 Å². The molecule has 0 radical (unpaired) electrons. The second kappa shape index (κ2) is 5.80. The summed E-state index contributed by atoms with van der Waals surface area (Å²) >= 11 is 0. The molecule has 2 amide bonds. The molecule has 3 aliphatic rings. The third-order valence-electron chi connectivity index (χ3n) is 5.06. The summed E-state index contributed by atoms with van der Waals surface area (Å²) < 4.78 is 5.45. The van der Waals surface area contributed by atoms with Gasteiger partial charge in [0.25, 0.3) is 0 Å². The summed E-state index contributed by atoms with van der Waals surface area (Å²) in [6, 6.07) is 0. The minimum Gasteiger partial charge on any atom is -0.444 e. The van der Waals surface area contributed by atoms with Crippen LogP contribution in [0.5, 0.6) is 0 Å². The molecule has 2 aliphatic heterocycles. The third kappa shape index (κ3) is 3.51. The normalized spacial score (nSPS) is 28.4. The molecule has 0 N–H and O–H groups in total. The molecule has 1 aliphatic carbocycles. The Labute approximate surface area is 137 Å². The van der Waals surface area contributed by atoms with E-state index in [-0.39, 0.29) is 23.7 Å². The highest BCUT2D eigenvalue weighted by Crippen LogP contribution is 2.34. The van der Waals surface area contributed by atoms with Crippen LogP contribution in [0.15, 0.2) is 0 Å². The summed E-state index contributed by atoms with van der Waals surface area (Å²) in [5.41, 5.74) is -0.484. The van der Waals surface area contributed by atoms with E-state index >= 15 is 0 Å². The minimum atomic E-state index is -0.484. The smallest absolute Gasteiger partial charge is 0.410 e. The number of ether oxygens (including phenoxy) is 1. The fourth-order valence-electron chi connectivity index (χ4n) is 3.76. The molecule has 6 nitrogen and oxygen atoms in total. The van der Waals surface area contributed by atoms with Crippen molar-refractivity contribution < 1.29 is 19.1 Å². The van der Waals surface area contributed by atoms with Crippen molar-refractivity contribution >= 4 is 17.8 Å². The molecule has 128 valence electrons. The van der Waals surface area contributed by atoms with Gasteiger partial charge in [-0.3, -0.25) is 9.59 Å². The lowest BCUT2D eigenvalue weighted by atomic mass is 9.83. The summed E-state index contributed by atoms with van der Waals surface area (Å²) in [7, 11) is 0. The molecule has 2 heterocycles. The molecule has 0 aromatic rings. The Balaban J connectivity index is 1.54. The number of nitrogens with zero attached hydrogens (tertiary/aromatic N) is 2. The van der Waals surface area contributed by atoms with E-state index in [1.165, 1.54) is 0 Å². The van der Waals surface area contributed by atoms with Gasteiger partial charge in [0.2, 0.25) is 5.91 Å². The van der Waals surface area contributed by atoms with Crippen LogP contribution in [0.25, 0.3) is 0 Å². The predicted octanol–water partition coefficient (Wildman–Crippen LogP) is 1.68. The lowest BCUT2D eigenvalue weighted by Gasteiger charge is -2.35. The van der Waals surface area contributed by atoms with Crippen molar-refractivity contribution in [3.63, 3.8) is 0 Å². The van der Waals surface area contributed by atoms with E-state index in [9.17, 15) is 14.4 Å². The molecule has 0 aromatic heterocycles. The quantitative estimate of drug-likeness (QED) is 0.737. The van der Waals surface area contributed by atoms with Crippen molar-refractivity contribution in [3.05, 3.63) is 0 Å². The van der Waals surface area contributed by atoms with E-state index in [0.717, 1.165) is 13.0 Å². The number of likely N-dealkylation sites (tertiary alicyclic amines) is 2. The van der Waals surface area contributed by atoms with Gasteiger partial charge in [-0.05, 0) is 39.0 Å². The Morgan fingerprint density at radius 1 is 1.04 bits per heavy atom. The molecule has 2 unspecified atom stereocenters. The fraction of sp³-hybridized carbons (Fsp3) is 0.824. The fourth-order valence-corrected chi connectivity index (χ4v) is 3.76. The van der Waals surface area contributed by atoms with Gasteiger partial charge in [0.15, 0.2) is 0 Å². The van der Waals surface area contributed by atoms with Crippen molar-refractivity contribution in [3.8, 4) is 0 Å². The summed E-state index contributed by atoms with van der Waals surface area (Å²) in [5, 5.41) is 0. The SMILES string of the molecule is CC(C)(C)OC(=O)N1CCC2CN(C(=O)C3CC(=O)C3)CC2C1. The standard InChI is InChI=1S/C17H26N2O4/c1-17(2,3)23-16(22)18-5-4-11-8-19(10-13(11)9-18)15(21)12-6-14(20)7-12/h11-13H,4-10H2,1-3H3. The van der Waals surface area contributed by atoms with Crippen LogP contribution in [0.2, 0.25) is 0 Å². The van der Waals surface area contributed by atoms with E-state index in [1.54, 1.807) is 4.90 Å². The topological polar surface area (TPSA) is 66.9 Å². The molecule has 0 bridgehead atoms. The highest BCUT2D eigenvalue weighted by Gasteiger charge is 2.44. The molecule has 2 atom stereocenters. The third-order valence-corrected chi connectivity index (χ3v) is 5.06. The number of amides is 2. The van der Waals surface area contributed by atoms with E-state index in [4.69, 9.17) is 4.74 Å². The van der Waals surface area contributed by atoms with Crippen LogP contribution in [0, 0.1) is 17.8 Å². The van der Waals surface area contributed by atoms with Crippen molar-refractivity contribution in [2.75, 3.05) is 26.2 Å². The molecule has 2 saturated heterocycles. The van der Waals surface area contributed by atoms with Crippen LogP contribution in [0.4, 0.5) is 4.79 Å². The first-order valence-corrected chi connectivity index (χ1v) is 8.51. The van der Waals surface area contributed by atoms with Gasteiger partial charge in [0.05, 0.1) is 5.92 Å². The zero-order valence-corrected chi connectivity index (χ0v) is 14.2. The van der Waals surface area contributed by atoms with Gasteiger partial charge >= 0.3 is 6.09 Å². The highest BCUT2D eigenvalue weighted by atomic mass is 16.6. The lowest BCUT2D eigenvalue weighted by Crippen LogP contribution is -2.45. The first-order valence-electron chi connectivity index (χ1n) is 8.51. The average molecular weight is 322 g/mol. The van der Waals surface area contributed by atoms with Crippen LogP contribution >= 0.6 is 0 Å². The van der Waals surface area contributed by atoms with Crippen molar-refractivity contribution in [1.29, 1.82) is 0 Å². The predicted molar refractivity (Wildman–Crippen MR) is 83.7 cm³/mol. The maximum absolute atomic E-state index is 12.4. The van der Waals surface area contributed by atoms with Gasteiger partial charge in [-0.1, -0.05) is 0 Å². The Hall–Kier alpha value is -1.59. The molecule has 6 heteroatoms. The number of hydrogen-bond donors (Lipinski definition) is 0. The van der Waals surface area contributed by atoms with Crippen molar-refractivity contribution in [2.45, 2.75) is 45.6 Å². The maximum atomic E-state index is 12.4. The molecule has 0 aromatic carbocycles. The van der Waals surface area contributed by atoms with Gasteiger partial charge < -0.3 is 14.5 Å². The zero-order chi connectivity index (χ0) is 16.8. The minimum absolute atomic E-state index is 0.0930. The summed E-state index contributed by atoms with van der Waals surface area (Å²) in [6.07, 6.45) is 1.48. The summed E-state index contributed by atoms with van der Waals surface area (Å²) in [5.74, 6) is 1.02. The molecule has 3 rings (SSSR count). The van der Waals surface area contributed by atoms with E-state index in [0.29, 0.717) is 44.3 Å². The average Bonchev–Trinajstić information content (AvgIpc) is 2.84. The zero-order valence-electron chi connectivity index (χ0n) is 14.2.